The Labute approximate surface area is 120 Å². The van der Waals surface area contributed by atoms with E-state index in [2.05, 4.69) is 31.9 Å². The van der Waals surface area contributed by atoms with Gasteiger partial charge in [0.15, 0.2) is 0 Å². The summed E-state index contributed by atoms with van der Waals surface area (Å²) >= 11 is 6.51. The van der Waals surface area contributed by atoms with Gasteiger partial charge in [-0.2, -0.15) is 0 Å². The van der Waals surface area contributed by atoms with Crippen LogP contribution in [0.15, 0.2) is 21.1 Å². The van der Waals surface area contributed by atoms with E-state index in [0.29, 0.717) is 34.2 Å². The monoisotopic (exact) mass is 377 g/mol. The second kappa shape index (κ2) is 5.27. The van der Waals surface area contributed by atoms with Crippen LogP contribution in [0.4, 0.5) is 10.5 Å². The Morgan fingerprint density at radius 2 is 2.11 bits per heavy atom. The number of benzene rings is 1. The van der Waals surface area contributed by atoms with Crippen molar-refractivity contribution in [1.29, 1.82) is 0 Å². The van der Waals surface area contributed by atoms with Gasteiger partial charge in [0.1, 0.15) is 0 Å². The maximum atomic E-state index is 11.7. The molecule has 1 saturated heterocycles. The first-order valence-corrected chi connectivity index (χ1v) is 6.76. The molecule has 18 heavy (non-hydrogen) atoms. The van der Waals surface area contributed by atoms with Crippen molar-refractivity contribution in [3.8, 4) is 0 Å². The second-order valence-corrected chi connectivity index (χ2v) is 5.48. The van der Waals surface area contributed by atoms with E-state index >= 15 is 0 Å². The van der Waals surface area contributed by atoms with E-state index < -0.39 is 12.1 Å². The van der Waals surface area contributed by atoms with Gasteiger partial charge >= 0.3 is 12.1 Å². The molecule has 7 heteroatoms. The van der Waals surface area contributed by atoms with Crippen LogP contribution in [-0.4, -0.2) is 30.3 Å². The first-order chi connectivity index (χ1) is 8.50. The number of carboxylic acids is 1. The number of hydrogen-bond acceptors (Lipinski definition) is 3. The molecule has 0 aromatic heterocycles. The standard InChI is InChI=1S/C11H9Br2NO4/c12-6-4-7(10(15)16)9(8(13)5-6)14-2-1-3-18-11(14)17/h4-5H,1-3H2,(H,15,16). The molecule has 1 heterocycles. The number of carbonyl (C=O) groups is 2. The van der Waals surface area contributed by atoms with E-state index in [1.54, 1.807) is 6.07 Å². The fourth-order valence-electron chi connectivity index (χ4n) is 1.76. The number of carboxylic acid groups (broad SMARTS) is 1. The number of rotatable bonds is 2. The van der Waals surface area contributed by atoms with Crippen LogP contribution >= 0.6 is 31.9 Å². The number of amides is 1. The van der Waals surface area contributed by atoms with Crippen molar-refractivity contribution in [3.63, 3.8) is 0 Å². The summed E-state index contributed by atoms with van der Waals surface area (Å²) in [5.41, 5.74) is 0.380. The van der Waals surface area contributed by atoms with Crippen LogP contribution in [-0.2, 0) is 4.74 Å². The third-order valence-electron chi connectivity index (χ3n) is 2.50. The molecule has 1 aliphatic rings. The first-order valence-electron chi connectivity index (χ1n) is 5.17. The minimum absolute atomic E-state index is 0.0510. The lowest BCUT2D eigenvalue weighted by molar-refractivity contribution is 0.0697. The third-order valence-corrected chi connectivity index (χ3v) is 3.56. The summed E-state index contributed by atoms with van der Waals surface area (Å²) in [6.45, 7) is 0.811. The Balaban J connectivity index is 2.54. The Morgan fingerprint density at radius 3 is 2.72 bits per heavy atom. The SMILES string of the molecule is O=C(O)c1cc(Br)cc(Br)c1N1CCCOC1=O. The van der Waals surface area contributed by atoms with Gasteiger partial charge in [0.2, 0.25) is 0 Å². The van der Waals surface area contributed by atoms with Gasteiger partial charge in [-0.1, -0.05) is 15.9 Å². The molecule has 0 spiro atoms. The van der Waals surface area contributed by atoms with Gasteiger partial charge in [-0.3, -0.25) is 4.90 Å². The largest absolute Gasteiger partial charge is 0.478 e. The van der Waals surface area contributed by atoms with E-state index in [1.165, 1.54) is 11.0 Å². The van der Waals surface area contributed by atoms with E-state index in [1.807, 2.05) is 0 Å². The molecule has 0 atom stereocenters. The van der Waals surface area contributed by atoms with Gasteiger partial charge in [-0.05, 0) is 34.5 Å². The lowest BCUT2D eigenvalue weighted by atomic mass is 10.1. The second-order valence-electron chi connectivity index (χ2n) is 3.71. The summed E-state index contributed by atoms with van der Waals surface area (Å²) < 4.78 is 6.09. The molecule has 0 aliphatic carbocycles. The highest BCUT2D eigenvalue weighted by atomic mass is 79.9. The topological polar surface area (TPSA) is 66.8 Å². The minimum Gasteiger partial charge on any atom is -0.478 e. The summed E-state index contributed by atoms with van der Waals surface area (Å²) in [5.74, 6) is -1.09. The number of ether oxygens (including phenoxy) is 1. The van der Waals surface area contributed by atoms with Gasteiger partial charge in [0.05, 0.1) is 17.9 Å². The highest BCUT2D eigenvalue weighted by Gasteiger charge is 2.28. The van der Waals surface area contributed by atoms with Gasteiger partial charge in [-0.15, -0.1) is 0 Å². The molecule has 1 amide bonds. The normalized spacial score (nSPS) is 15.4. The average molecular weight is 379 g/mol. The number of cyclic esters (lactones) is 1. The van der Waals surface area contributed by atoms with Crippen molar-refractivity contribution in [1.82, 2.24) is 0 Å². The number of carbonyl (C=O) groups excluding carboxylic acids is 1. The van der Waals surface area contributed by atoms with E-state index in [-0.39, 0.29) is 5.56 Å². The summed E-state index contributed by atoms with van der Waals surface area (Å²) in [7, 11) is 0. The predicted molar refractivity (Wildman–Crippen MR) is 72.1 cm³/mol. The summed E-state index contributed by atoms with van der Waals surface area (Å²) in [6.07, 6.45) is 0.152. The summed E-state index contributed by atoms with van der Waals surface area (Å²) in [5, 5.41) is 9.21. The number of nitrogens with zero attached hydrogens (tertiary/aromatic N) is 1. The summed E-state index contributed by atoms with van der Waals surface area (Å²) in [4.78, 5) is 24.3. The van der Waals surface area contributed by atoms with E-state index in [9.17, 15) is 14.7 Å². The highest BCUT2D eigenvalue weighted by Crippen LogP contribution is 2.35. The molecule has 0 saturated carbocycles. The van der Waals surface area contributed by atoms with Crippen molar-refractivity contribution in [3.05, 3.63) is 26.6 Å². The lowest BCUT2D eigenvalue weighted by Gasteiger charge is -2.28. The van der Waals surface area contributed by atoms with E-state index in [0.717, 1.165) is 0 Å². The smallest absolute Gasteiger partial charge is 0.414 e. The van der Waals surface area contributed by atoms with Gasteiger partial charge in [-0.25, -0.2) is 9.59 Å². The lowest BCUT2D eigenvalue weighted by Crippen LogP contribution is -2.38. The molecule has 1 aromatic carbocycles. The Hall–Kier alpha value is -1.08. The maximum Gasteiger partial charge on any atom is 0.414 e. The number of anilines is 1. The molecule has 1 fully saturated rings. The van der Waals surface area contributed by atoms with Gasteiger partial charge < -0.3 is 9.84 Å². The highest BCUT2D eigenvalue weighted by molar-refractivity contribution is 9.11. The van der Waals surface area contributed by atoms with Crippen molar-refractivity contribution >= 4 is 49.6 Å². The number of hydrogen-bond donors (Lipinski definition) is 1. The zero-order chi connectivity index (χ0) is 13.3. The van der Waals surface area contributed by atoms with E-state index in [4.69, 9.17) is 4.74 Å². The quantitative estimate of drug-likeness (QED) is 0.857. The van der Waals surface area contributed by atoms with Crippen molar-refractivity contribution in [2.75, 3.05) is 18.1 Å². The van der Waals surface area contributed by atoms with Crippen LogP contribution in [0.5, 0.6) is 0 Å². The molecule has 0 bridgehead atoms. The maximum absolute atomic E-state index is 11.7. The average Bonchev–Trinajstić information content (AvgIpc) is 2.29. The number of halogens is 2. The molecular formula is C11H9Br2NO4. The Bertz CT molecular complexity index is 518. The molecule has 5 nitrogen and oxygen atoms in total. The molecule has 2 rings (SSSR count). The van der Waals surface area contributed by atoms with Gasteiger partial charge in [0.25, 0.3) is 0 Å². The molecule has 0 unspecified atom stereocenters. The van der Waals surface area contributed by atoms with Crippen molar-refractivity contribution < 1.29 is 19.4 Å². The molecule has 0 radical (unpaired) electrons. The van der Waals surface area contributed by atoms with Crippen LogP contribution in [0.25, 0.3) is 0 Å². The van der Waals surface area contributed by atoms with Crippen molar-refractivity contribution in [2.24, 2.45) is 0 Å². The zero-order valence-electron chi connectivity index (χ0n) is 9.15. The first kappa shape index (κ1) is 13.4. The predicted octanol–water partition coefficient (Wildman–Crippen LogP) is 3.26. The van der Waals surface area contributed by atoms with Crippen LogP contribution < -0.4 is 4.90 Å². The van der Waals surface area contributed by atoms with Crippen LogP contribution in [0.3, 0.4) is 0 Å². The number of aromatic carboxylic acids is 1. The Morgan fingerprint density at radius 1 is 1.39 bits per heavy atom. The van der Waals surface area contributed by atoms with Crippen LogP contribution in [0.1, 0.15) is 16.8 Å². The van der Waals surface area contributed by atoms with Crippen LogP contribution in [0.2, 0.25) is 0 Å². The fourth-order valence-corrected chi connectivity index (χ4v) is 3.20. The zero-order valence-corrected chi connectivity index (χ0v) is 12.3. The summed E-state index contributed by atoms with van der Waals surface area (Å²) in [6, 6.07) is 3.16. The van der Waals surface area contributed by atoms with Crippen molar-refractivity contribution in [2.45, 2.75) is 6.42 Å². The molecular weight excluding hydrogens is 370 g/mol. The molecule has 1 aliphatic heterocycles. The minimum atomic E-state index is -1.09. The van der Waals surface area contributed by atoms with Gasteiger partial charge in [0, 0.05) is 15.5 Å². The third kappa shape index (κ3) is 2.51. The fraction of sp³-hybridized carbons (Fsp3) is 0.273. The molecule has 96 valence electrons. The molecule has 1 N–H and O–H groups in total. The Kier molecular flexibility index (Phi) is 3.91. The van der Waals surface area contributed by atoms with Crippen LogP contribution in [0, 0.1) is 0 Å². The molecule has 1 aromatic rings.